The van der Waals surface area contributed by atoms with Gasteiger partial charge in [-0.25, -0.2) is 9.67 Å². The third kappa shape index (κ3) is 3.53. The molecular formula is C21H15ClF3N3O. The zero-order valence-corrected chi connectivity index (χ0v) is 16.2. The molecule has 0 unspecified atom stereocenters. The summed E-state index contributed by atoms with van der Waals surface area (Å²) < 4.78 is 48.2. The van der Waals surface area contributed by atoms with Gasteiger partial charge in [0, 0.05) is 10.6 Å². The van der Waals surface area contributed by atoms with Crippen LogP contribution < -0.4 is 4.74 Å². The van der Waals surface area contributed by atoms with E-state index < -0.39 is 11.7 Å². The van der Waals surface area contributed by atoms with Crippen molar-refractivity contribution in [3.63, 3.8) is 0 Å². The molecule has 2 aromatic heterocycles. The molecule has 29 heavy (non-hydrogen) atoms. The Morgan fingerprint density at radius 1 is 1.00 bits per heavy atom. The Kier molecular flexibility index (Phi) is 4.70. The van der Waals surface area contributed by atoms with E-state index in [-0.39, 0.29) is 22.4 Å². The smallest absolute Gasteiger partial charge is 0.417 e. The first-order valence-electron chi connectivity index (χ1n) is 8.66. The summed E-state index contributed by atoms with van der Waals surface area (Å²) in [6.45, 7) is 1.54. The summed E-state index contributed by atoms with van der Waals surface area (Å²) in [5.74, 6) is 0.632. The fraction of sp³-hybridized carbons (Fsp3) is 0.143. The van der Waals surface area contributed by atoms with Crippen LogP contribution in [-0.4, -0.2) is 21.9 Å². The number of methoxy groups -OCH3 is 1. The van der Waals surface area contributed by atoms with E-state index in [1.165, 1.54) is 11.8 Å². The molecule has 8 heteroatoms. The summed E-state index contributed by atoms with van der Waals surface area (Å²) in [5, 5.41) is 4.80. The second-order valence-electron chi connectivity index (χ2n) is 6.45. The van der Waals surface area contributed by atoms with Crippen LogP contribution in [0.1, 0.15) is 11.3 Å². The molecule has 2 aromatic carbocycles. The van der Waals surface area contributed by atoms with E-state index in [4.69, 9.17) is 16.3 Å². The molecule has 0 bridgehead atoms. The zero-order chi connectivity index (χ0) is 20.8. The summed E-state index contributed by atoms with van der Waals surface area (Å²) in [5.41, 5.74) is 0.909. The van der Waals surface area contributed by atoms with Crippen molar-refractivity contribution >= 4 is 22.6 Å². The number of aryl methyl sites for hydroxylation is 1. The molecule has 0 fully saturated rings. The Labute approximate surface area is 169 Å². The maximum atomic E-state index is 13.9. The maximum Gasteiger partial charge on any atom is 0.417 e. The first-order chi connectivity index (χ1) is 13.8. The quantitative estimate of drug-likeness (QED) is 0.405. The highest BCUT2D eigenvalue weighted by Gasteiger charge is 2.35. The SMILES string of the molecule is COc1ccc(-n2nc(C)c3c(C(F)(F)F)cc(-c4ccc(Cl)cc4)nc32)cc1. The first kappa shape index (κ1) is 19.3. The Hall–Kier alpha value is -3.06. The van der Waals surface area contributed by atoms with Crippen molar-refractivity contribution in [1.29, 1.82) is 0 Å². The minimum Gasteiger partial charge on any atom is -0.497 e. The Bertz CT molecular complexity index is 1180. The van der Waals surface area contributed by atoms with Crippen LogP contribution in [-0.2, 0) is 6.18 Å². The highest BCUT2D eigenvalue weighted by molar-refractivity contribution is 6.30. The second-order valence-corrected chi connectivity index (χ2v) is 6.89. The van der Waals surface area contributed by atoms with Gasteiger partial charge in [-0.15, -0.1) is 0 Å². The number of nitrogens with zero attached hydrogens (tertiary/aromatic N) is 3. The summed E-state index contributed by atoms with van der Waals surface area (Å²) >= 11 is 5.91. The van der Waals surface area contributed by atoms with Crippen LogP contribution >= 0.6 is 11.6 Å². The normalized spacial score (nSPS) is 11.8. The molecule has 0 saturated heterocycles. The van der Waals surface area contributed by atoms with E-state index in [1.807, 2.05) is 0 Å². The largest absolute Gasteiger partial charge is 0.497 e. The molecule has 2 heterocycles. The molecule has 0 atom stereocenters. The van der Waals surface area contributed by atoms with E-state index in [2.05, 4.69) is 10.1 Å². The van der Waals surface area contributed by atoms with Crippen molar-refractivity contribution in [2.75, 3.05) is 7.11 Å². The Morgan fingerprint density at radius 3 is 2.24 bits per heavy atom. The van der Waals surface area contributed by atoms with Crippen LogP contribution in [0.2, 0.25) is 5.02 Å². The van der Waals surface area contributed by atoms with E-state index in [1.54, 1.807) is 55.5 Å². The number of hydrogen-bond donors (Lipinski definition) is 0. The first-order valence-corrected chi connectivity index (χ1v) is 9.03. The lowest BCUT2D eigenvalue weighted by Crippen LogP contribution is -2.08. The molecular weight excluding hydrogens is 403 g/mol. The predicted molar refractivity (Wildman–Crippen MR) is 106 cm³/mol. The summed E-state index contributed by atoms with van der Waals surface area (Å²) in [7, 11) is 1.54. The number of rotatable bonds is 3. The summed E-state index contributed by atoms with van der Waals surface area (Å²) in [6.07, 6.45) is -4.55. The van der Waals surface area contributed by atoms with Gasteiger partial charge >= 0.3 is 6.18 Å². The molecule has 4 rings (SSSR count). The third-order valence-corrected chi connectivity index (χ3v) is 4.83. The van der Waals surface area contributed by atoms with Gasteiger partial charge in [0.15, 0.2) is 5.65 Å². The van der Waals surface area contributed by atoms with Crippen molar-refractivity contribution in [3.8, 4) is 22.7 Å². The number of hydrogen-bond acceptors (Lipinski definition) is 3. The highest BCUT2D eigenvalue weighted by atomic mass is 35.5. The molecule has 4 nitrogen and oxygen atoms in total. The molecule has 148 valence electrons. The predicted octanol–water partition coefficient (Wildman–Crippen LogP) is 6.08. The van der Waals surface area contributed by atoms with Gasteiger partial charge in [-0.2, -0.15) is 18.3 Å². The van der Waals surface area contributed by atoms with Crippen LogP contribution in [0.3, 0.4) is 0 Å². The van der Waals surface area contributed by atoms with Gasteiger partial charge in [-0.05, 0) is 49.4 Å². The molecule has 0 aliphatic carbocycles. The van der Waals surface area contributed by atoms with Gasteiger partial charge in [0.25, 0.3) is 0 Å². The molecule has 0 saturated carbocycles. The number of aromatic nitrogens is 3. The fourth-order valence-electron chi connectivity index (χ4n) is 3.18. The van der Waals surface area contributed by atoms with E-state index in [9.17, 15) is 13.2 Å². The topological polar surface area (TPSA) is 39.9 Å². The number of alkyl halides is 3. The second kappa shape index (κ2) is 7.08. The number of pyridine rings is 1. The van der Waals surface area contributed by atoms with Gasteiger partial charge in [-0.3, -0.25) is 0 Å². The van der Waals surface area contributed by atoms with Gasteiger partial charge in [0.05, 0.1) is 35.1 Å². The van der Waals surface area contributed by atoms with Crippen molar-refractivity contribution in [2.24, 2.45) is 0 Å². The lowest BCUT2D eigenvalue weighted by atomic mass is 10.1. The van der Waals surface area contributed by atoms with E-state index >= 15 is 0 Å². The van der Waals surface area contributed by atoms with Gasteiger partial charge in [-0.1, -0.05) is 23.7 Å². The minimum absolute atomic E-state index is 0.0222. The molecule has 0 amide bonds. The van der Waals surface area contributed by atoms with E-state index in [0.717, 1.165) is 6.07 Å². The standard InChI is InChI=1S/C21H15ClF3N3O/c1-12-19-17(21(23,24)25)11-18(13-3-5-14(22)6-4-13)26-20(19)28(27-12)15-7-9-16(29-2)10-8-15/h3-11H,1-2H3. The Balaban J connectivity index is 2.01. The number of ether oxygens (including phenoxy) is 1. The molecule has 0 spiro atoms. The molecule has 4 aromatic rings. The van der Waals surface area contributed by atoms with Crippen molar-refractivity contribution in [2.45, 2.75) is 13.1 Å². The molecule has 0 aliphatic heterocycles. The van der Waals surface area contributed by atoms with Crippen LogP contribution in [0.25, 0.3) is 28.0 Å². The lowest BCUT2D eigenvalue weighted by molar-refractivity contribution is -0.136. The van der Waals surface area contributed by atoms with Gasteiger partial charge < -0.3 is 4.74 Å². The molecule has 0 aliphatic rings. The number of fused-ring (bicyclic) bond motifs is 1. The lowest BCUT2D eigenvalue weighted by Gasteiger charge is -2.12. The Morgan fingerprint density at radius 2 is 1.66 bits per heavy atom. The van der Waals surface area contributed by atoms with Crippen molar-refractivity contribution in [3.05, 3.63) is 70.9 Å². The van der Waals surface area contributed by atoms with E-state index in [0.29, 0.717) is 22.0 Å². The third-order valence-electron chi connectivity index (χ3n) is 4.58. The minimum atomic E-state index is -4.55. The fourth-order valence-corrected chi connectivity index (χ4v) is 3.31. The molecule has 0 N–H and O–H groups in total. The summed E-state index contributed by atoms with van der Waals surface area (Å²) in [6, 6.07) is 14.4. The number of benzene rings is 2. The van der Waals surface area contributed by atoms with Crippen LogP contribution in [0.15, 0.2) is 54.6 Å². The highest BCUT2D eigenvalue weighted by Crippen LogP contribution is 2.38. The van der Waals surface area contributed by atoms with Crippen molar-refractivity contribution < 1.29 is 17.9 Å². The number of halogens is 4. The average Bonchev–Trinajstić information content (AvgIpc) is 3.04. The molecule has 0 radical (unpaired) electrons. The van der Waals surface area contributed by atoms with Crippen LogP contribution in [0.4, 0.5) is 13.2 Å². The van der Waals surface area contributed by atoms with Crippen LogP contribution in [0, 0.1) is 6.92 Å². The summed E-state index contributed by atoms with van der Waals surface area (Å²) in [4.78, 5) is 4.52. The van der Waals surface area contributed by atoms with Crippen molar-refractivity contribution in [1.82, 2.24) is 14.8 Å². The monoisotopic (exact) mass is 417 g/mol. The maximum absolute atomic E-state index is 13.9. The van der Waals surface area contributed by atoms with Crippen LogP contribution in [0.5, 0.6) is 5.75 Å². The average molecular weight is 418 g/mol. The van der Waals surface area contributed by atoms with Gasteiger partial charge in [0.2, 0.25) is 0 Å². The van der Waals surface area contributed by atoms with Gasteiger partial charge in [0.1, 0.15) is 5.75 Å². The zero-order valence-electron chi connectivity index (χ0n) is 15.5.